The SMILES string of the molecule is C[C@H](NC(=O)CN1CCc2ccccc21)c1ccc(F)cc1F. The number of nitrogens with one attached hydrogen (secondary N) is 1. The zero-order chi connectivity index (χ0) is 16.4. The van der Waals surface area contributed by atoms with Crippen LogP contribution in [0.4, 0.5) is 14.5 Å². The van der Waals surface area contributed by atoms with Crippen LogP contribution in [0.15, 0.2) is 42.5 Å². The summed E-state index contributed by atoms with van der Waals surface area (Å²) in [5.74, 6) is -1.46. The molecule has 0 bridgehead atoms. The van der Waals surface area contributed by atoms with Gasteiger partial charge in [-0.15, -0.1) is 0 Å². The van der Waals surface area contributed by atoms with E-state index in [9.17, 15) is 13.6 Å². The lowest BCUT2D eigenvalue weighted by atomic mass is 10.1. The van der Waals surface area contributed by atoms with Crippen molar-refractivity contribution in [3.8, 4) is 0 Å². The number of para-hydroxylation sites is 1. The average Bonchev–Trinajstić information content (AvgIpc) is 2.90. The first kappa shape index (κ1) is 15.5. The fourth-order valence-electron chi connectivity index (χ4n) is 2.96. The summed E-state index contributed by atoms with van der Waals surface area (Å²) in [6.07, 6.45) is 0.922. The Labute approximate surface area is 133 Å². The molecule has 1 aliphatic rings. The number of rotatable bonds is 4. The van der Waals surface area contributed by atoms with Gasteiger partial charge in [-0.2, -0.15) is 0 Å². The van der Waals surface area contributed by atoms with Crippen molar-refractivity contribution in [2.45, 2.75) is 19.4 Å². The van der Waals surface area contributed by atoms with Crippen LogP contribution in [-0.4, -0.2) is 19.0 Å². The molecular weight excluding hydrogens is 298 g/mol. The second-order valence-corrected chi connectivity index (χ2v) is 5.76. The van der Waals surface area contributed by atoms with Crippen LogP contribution in [0.25, 0.3) is 0 Å². The summed E-state index contributed by atoms with van der Waals surface area (Å²) >= 11 is 0. The standard InChI is InChI=1S/C18H18F2N2O/c1-12(15-7-6-14(19)10-16(15)20)21-18(23)11-22-9-8-13-4-2-3-5-17(13)22/h2-7,10,12H,8-9,11H2,1H3,(H,21,23)/t12-/m0/s1. The molecule has 23 heavy (non-hydrogen) atoms. The Morgan fingerprint density at radius 1 is 1.26 bits per heavy atom. The first-order chi connectivity index (χ1) is 11.0. The smallest absolute Gasteiger partial charge is 0.239 e. The molecule has 2 aromatic carbocycles. The summed E-state index contributed by atoms with van der Waals surface area (Å²) in [5, 5.41) is 2.77. The van der Waals surface area contributed by atoms with Crippen LogP contribution in [-0.2, 0) is 11.2 Å². The highest BCUT2D eigenvalue weighted by Gasteiger charge is 2.22. The predicted molar refractivity (Wildman–Crippen MR) is 85.3 cm³/mol. The molecule has 120 valence electrons. The van der Waals surface area contributed by atoms with Crippen LogP contribution in [0.3, 0.4) is 0 Å². The number of benzene rings is 2. The third-order valence-corrected chi connectivity index (χ3v) is 4.12. The molecule has 3 nitrogen and oxygen atoms in total. The normalized spacial score (nSPS) is 14.5. The molecule has 0 radical (unpaired) electrons. The number of carbonyl (C=O) groups is 1. The van der Waals surface area contributed by atoms with Gasteiger partial charge >= 0.3 is 0 Å². The number of amides is 1. The van der Waals surface area contributed by atoms with Crippen molar-refractivity contribution in [1.29, 1.82) is 0 Å². The quantitative estimate of drug-likeness (QED) is 0.939. The van der Waals surface area contributed by atoms with Gasteiger partial charge in [-0.3, -0.25) is 4.79 Å². The molecule has 1 atom stereocenters. The van der Waals surface area contributed by atoms with Gasteiger partial charge in [0, 0.05) is 23.9 Å². The van der Waals surface area contributed by atoms with Crippen LogP contribution in [0.2, 0.25) is 0 Å². The van der Waals surface area contributed by atoms with Gasteiger partial charge in [-0.1, -0.05) is 24.3 Å². The molecule has 0 aliphatic carbocycles. The number of halogens is 2. The number of hydrogen-bond acceptors (Lipinski definition) is 2. The maximum absolute atomic E-state index is 13.8. The zero-order valence-corrected chi connectivity index (χ0v) is 12.9. The van der Waals surface area contributed by atoms with E-state index in [0.29, 0.717) is 0 Å². The maximum atomic E-state index is 13.8. The van der Waals surface area contributed by atoms with Crippen molar-refractivity contribution in [3.63, 3.8) is 0 Å². The van der Waals surface area contributed by atoms with E-state index >= 15 is 0 Å². The van der Waals surface area contributed by atoms with Gasteiger partial charge in [0.25, 0.3) is 0 Å². The minimum atomic E-state index is -0.649. The molecule has 0 saturated carbocycles. The van der Waals surface area contributed by atoms with Gasteiger partial charge in [0.2, 0.25) is 5.91 Å². The Balaban J connectivity index is 1.64. The number of fused-ring (bicyclic) bond motifs is 1. The molecule has 0 spiro atoms. The topological polar surface area (TPSA) is 32.3 Å². The Morgan fingerprint density at radius 2 is 2.04 bits per heavy atom. The summed E-state index contributed by atoms with van der Waals surface area (Å²) in [4.78, 5) is 14.2. The molecule has 0 unspecified atom stereocenters. The van der Waals surface area contributed by atoms with Crippen molar-refractivity contribution in [2.24, 2.45) is 0 Å². The van der Waals surface area contributed by atoms with Gasteiger partial charge in [0.15, 0.2) is 0 Å². The molecule has 2 aromatic rings. The summed E-state index contributed by atoms with van der Waals surface area (Å²) in [7, 11) is 0. The van der Waals surface area contributed by atoms with Crippen molar-refractivity contribution < 1.29 is 13.6 Å². The molecule has 5 heteroatoms. The van der Waals surface area contributed by atoms with Gasteiger partial charge < -0.3 is 10.2 Å². The maximum Gasteiger partial charge on any atom is 0.239 e. The van der Waals surface area contributed by atoms with Gasteiger partial charge in [-0.05, 0) is 31.0 Å². The van der Waals surface area contributed by atoms with Crippen LogP contribution in [0.5, 0.6) is 0 Å². The Kier molecular flexibility index (Phi) is 4.28. The third kappa shape index (κ3) is 3.33. The van der Waals surface area contributed by atoms with E-state index in [1.165, 1.54) is 17.7 Å². The second kappa shape index (κ2) is 6.36. The van der Waals surface area contributed by atoms with E-state index in [1.807, 2.05) is 23.1 Å². The molecule has 0 aromatic heterocycles. The summed E-state index contributed by atoms with van der Waals surface area (Å²) in [6.45, 7) is 2.71. The first-order valence-corrected chi connectivity index (χ1v) is 7.62. The van der Waals surface area contributed by atoms with Gasteiger partial charge in [-0.25, -0.2) is 8.78 Å². The van der Waals surface area contributed by atoms with Crippen molar-refractivity contribution in [1.82, 2.24) is 5.32 Å². The van der Waals surface area contributed by atoms with E-state index in [0.717, 1.165) is 24.7 Å². The monoisotopic (exact) mass is 316 g/mol. The molecule has 0 fully saturated rings. The minimum absolute atomic E-state index is 0.182. The first-order valence-electron chi connectivity index (χ1n) is 7.62. The largest absolute Gasteiger partial charge is 0.362 e. The molecule has 1 aliphatic heterocycles. The molecule has 0 saturated heterocycles. The lowest BCUT2D eigenvalue weighted by Crippen LogP contribution is -2.37. The Hall–Kier alpha value is -2.43. The summed E-state index contributed by atoms with van der Waals surface area (Å²) in [5.41, 5.74) is 2.59. The Morgan fingerprint density at radius 3 is 2.83 bits per heavy atom. The molecule has 1 N–H and O–H groups in total. The molecule has 3 rings (SSSR count). The highest BCUT2D eigenvalue weighted by Crippen LogP contribution is 2.27. The second-order valence-electron chi connectivity index (χ2n) is 5.76. The zero-order valence-electron chi connectivity index (χ0n) is 12.9. The van der Waals surface area contributed by atoms with Crippen molar-refractivity contribution in [3.05, 3.63) is 65.2 Å². The fourth-order valence-corrected chi connectivity index (χ4v) is 2.96. The highest BCUT2D eigenvalue weighted by atomic mass is 19.1. The minimum Gasteiger partial charge on any atom is -0.362 e. The van der Waals surface area contributed by atoms with E-state index in [4.69, 9.17) is 0 Å². The summed E-state index contributed by atoms with van der Waals surface area (Å²) < 4.78 is 26.7. The highest BCUT2D eigenvalue weighted by molar-refractivity contribution is 5.82. The van der Waals surface area contributed by atoms with Crippen LogP contribution >= 0.6 is 0 Å². The molecule has 1 amide bonds. The van der Waals surface area contributed by atoms with Gasteiger partial charge in [0.05, 0.1) is 12.6 Å². The van der Waals surface area contributed by atoms with Crippen LogP contribution in [0, 0.1) is 11.6 Å². The predicted octanol–water partition coefficient (Wildman–Crippen LogP) is 3.20. The lowest BCUT2D eigenvalue weighted by Gasteiger charge is -2.21. The van der Waals surface area contributed by atoms with Crippen molar-refractivity contribution in [2.75, 3.05) is 18.0 Å². The number of nitrogens with zero attached hydrogens (tertiary/aromatic N) is 1. The van der Waals surface area contributed by atoms with Crippen molar-refractivity contribution >= 4 is 11.6 Å². The third-order valence-electron chi connectivity index (χ3n) is 4.12. The number of carbonyl (C=O) groups excluding carboxylic acids is 1. The van der Waals surface area contributed by atoms with E-state index in [2.05, 4.69) is 11.4 Å². The Bertz CT molecular complexity index is 733. The number of anilines is 1. The lowest BCUT2D eigenvalue weighted by molar-refractivity contribution is -0.120. The number of hydrogen-bond donors (Lipinski definition) is 1. The molecular formula is C18H18F2N2O. The van der Waals surface area contributed by atoms with E-state index in [-0.39, 0.29) is 18.0 Å². The summed E-state index contributed by atoms with van der Waals surface area (Å²) in [6, 6.07) is 10.9. The van der Waals surface area contributed by atoms with Crippen LogP contribution in [0.1, 0.15) is 24.1 Å². The average molecular weight is 316 g/mol. The van der Waals surface area contributed by atoms with Gasteiger partial charge in [0.1, 0.15) is 11.6 Å². The fraction of sp³-hybridized carbons (Fsp3) is 0.278. The van der Waals surface area contributed by atoms with Crippen LogP contribution < -0.4 is 10.2 Å². The van der Waals surface area contributed by atoms with E-state index < -0.39 is 17.7 Å². The molecule has 1 heterocycles. The van der Waals surface area contributed by atoms with E-state index in [1.54, 1.807) is 6.92 Å².